The van der Waals surface area contributed by atoms with Crippen LogP contribution in [0.1, 0.15) is 6.42 Å². The van der Waals surface area contributed by atoms with E-state index in [0.717, 1.165) is 22.9 Å². The Kier molecular flexibility index (Phi) is 7.15. The van der Waals surface area contributed by atoms with Gasteiger partial charge in [-0.2, -0.15) is 11.8 Å². The Morgan fingerprint density at radius 3 is 2.62 bits per heavy atom. The van der Waals surface area contributed by atoms with Crippen LogP contribution in [0, 0.1) is 0 Å². The molecule has 0 aromatic heterocycles. The van der Waals surface area contributed by atoms with E-state index in [9.17, 15) is 13.2 Å². The molecule has 13 heavy (non-hydrogen) atoms. The minimum atomic E-state index is -3.38. The fourth-order valence-corrected chi connectivity index (χ4v) is 2.78. The lowest BCUT2D eigenvalue weighted by atomic mass is 10.6. The zero-order chi connectivity index (χ0) is 10.3. The summed E-state index contributed by atoms with van der Waals surface area (Å²) in [6, 6.07) is 0. The van der Waals surface area contributed by atoms with E-state index >= 15 is 0 Å². The third kappa shape index (κ3) is 10.4. The first-order valence-electron chi connectivity index (χ1n) is 3.60. The van der Waals surface area contributed by atoms with Crippen molar-refractivity contribution in [2.45, 2.75) is 6.42 Å². The molecule has 0 spiro atoms. The van der Waals surface area contributed by atoms with Crippen LogP contribution in [0.2, 0.25) is 0 Å². The van der Waals surface area contributed by atoms with Crippen molar-refractivity contribution in [2.24, 2.45) is 0 Å². The van der Waals surface area contributed by atoms with Crippen molar-refractivity contribution in [1.82, 2.24) is 4.72 Å². The van der Waals surface area contributed by atoms with E-state index in [0.29, 0.717) is 0 Å². The van der Waals surface area contributed by atoms with Crippen LogP contribution in [0.15, 0.2) is 0 Å². The Morgan fingerprint density at radius 1 is 1.54 bits per heavy atom. The van der Waals surface area contributed by atoms with Gasteiger partial charge in [0.25, 0.3) is 0 Å². The molecule has 0 atom stereocenters. The minimum Gasteiger partial charge on any atom is -0.273 e. The summed E-state index contributed by atoms with van der Waals surface area (Å²) < 4.78 is 24.1. The van der Waals surface area contributed by atoms with E-state index in [2.05, 4.69) is 22.6 Å². The van der Waals surface area contributed by atoms with Crippen LogP contribution in [-0.4, -0.2) is 36.5 Å². The molecule has 0 aromatic carbocycles. The van der Waals surface area contributed by atoms with Gasteiger partial charge in [-0.15, -0.1) is 0 Å². The van der Waals surface area contributed by atoms with E-state index in [1.165, 1.54) is 11.8 Å². The summed E-state index contributed by atoms with van der Waals surface area (Å²) in [7, 11) is -3.38. The van der Waals surface area contributed by atoms with Gasteiger partial charge in [0.2, 0.25) is 15.9 Å². The summed E-state index contributed by atoms with van der Waals surface area (Å²) >= 11 is 3.70. The van der Waals surface area contributed by atoms with Crippen LogP contribution in [0.5, 0.6) is 0 Å². The van der Waals surface area contributed by atoms with Gasteiger partial charge < -0.3 is 0 Å². The predicted octanol–water partition coefficient (Wildman–Crippen LogP) is 0.621. The molecule has 0 aliphatic carbocycles. The summed E-state index contributed by atoms with van der Waals surface area (Å²) in [5, 5.41) is 0. The minimum absolute atomic E-state index is 0.212. The van der Waals surface area contributed by atoms with Crippen LogP contribution in [-0.2, 0) is 14.8 Å². The molecule has 0 saturated heterocycles. The van der Waals surface area contributed by atoms with Gasteiger partial charge in [0, 0.05) is 4.43 Å². The number of carbonyl (C=O) groups excluding carboxylic acids is 1. The Morgan fingerprint density at radius 2 is 2.15 bits per heavy atom. The van der Waals surface area contributed by atoms with Crippen molar-refractivity contribution >= 4 is 50.3 Å². The van der Waals surface area contributed by atoms with Crippen LogP contribution in [0.4, 0.5) is 0 Å². The first kappa shape index (κ1) is 13.5. The molecule has 1 amide bonds. The van der Waals surface area contributed by atoms with E-state index in [1.54, 1.807) is 0 Å². The molecule has 0 heterocycles. The lowest BCUT2D eigenvalue weighted by molar-refractivity contribution is -0.116. The highest BCUT2D eigenvalue weighted by molar-refractivity contribution is 14.1. The summed E-state index contributed by atoms with van der Waals surface area (Å²) in [6.45, 7) is 0. The third-order valence-corrected chi connectivity index (χ3v) is 3.36. The van der Waals surface area contributed by atoms with Gasteiger partial charge in [0.05, 0.1) is 12.0 Å². The SMILES string of the molecule is CS(=O)(=O)NC(=O)CSCCCI. The van der Waals surface area contributed by atoms with Crippen molar-refractivity contribution in [1.29, 1.82) is 0 Å². The standard InChI is InChI=1S/C6H12INO3S2/c1-13(10,11)8-6(9)5-12-4-2-3-7/h2-5H2,1H3,(H,8,9). The number of nitrogens with one attached hydrogen (secondary N) is 1. The van der Waals surface area contributed by atoms with Crippen molar-refractivity contribution in [2.75, 3.05) is 22.2 Å². The highest BCUT2D eigenvalue weighted by Crippen LogP contribution is 2.03. The van der Waals surface area contributed by atoms with Crippen molar-refractivity contribution in [3.63, 3.8) is 0 Å². The number of sulfonamides is 1. The highest BCUT2D eigenvalue weighted by Gasteiger charge is 2.07. The molecule has 0 aliphatic rings. The summed E-state index contributed by atoms with van der Waals surface area (Å²) in [5.41, 5.74) is 0. The molecule has 0 rings (SSSR count). The lowest BCUT2D eigenvalue weighted by Crippen LogP contribution is -2.30. The second-order valence-corrected chi connectivity index (χ2v) is 6.32. The Bertz CT molecular complexity index is 253. The maximum Gasteiger partial charge on any atom is 0.243 e. The fraction of sp³-hybridized carbons (Fsp3) is 0.833. The van der Waals surface area contributed by atoms with Gasteiger partial charge in [-0.25, -0.2) is 8.42 Å². The van der Waals surface area contributed by atoms with E-state index in [-0.39, 0.29) is 5.75 Å². The predicted molar refractivity (Wildman–Crippen MR) is 63.8 cm³/mol. The second kappa shape index (κ2) is 6.88. The number of thioether (sulfide) groups is 1. The number of amides is 1. The Hall–Kier alpha value is 0.500. The van der Waals surface area contributed by atoms with E-state index in [4.69, 9.17) is 0 Å². The fourth-order valence-electron chi connectivity index (χ4n) is 0.558. The second-order valence-electron chi connectivity index (χ2n) is 2.39. The lowest BCUT2D eigenvalue weighted by Gasteiger charge is -2.01. The molecule has 0 aliphatic heterocycles. The molecule has 0 fully saturated rings. The smallest absolute Gasteiger partial charge is 0.243 e. The zero-order valence-electron chi connectivity index (χ0n) is 7.25. The average molecular weight is 337 g/mol. The number of hydrogen-bond acceptors (Lipinski definition) is 4. The quantitative estimate of drug-likeness (QED) is 0.439. The van der Waals surface area contributed by atoms with Gasteiger partial charge >= 0.3 is 0 Å². The molecule has 7 heteroatoms. The Balaban J connectivity index is 3.53. The van der Waals surface area contributed by atoms with Crippen LogP contribution in [0.25, 0.3) is 0 Å². The van der Waals surface area contributed by atoms with Crippen LogP contribution >= 0.6 is 34.4 Å². The number of carbonyl (C=O) groups is 1. The maximum absolute atomic E-state index is 10.9. The van der Waals surface area contributed by atoms with Crippen LogP contribution < -0.4 is 4.72 Å². The first-order chi connectivity index (χ1) is 5.95. The molecule has 0 saturated carbocycles. The van der Waals surface area contributed by atoms with Crippen molar-refractivity contribution in [3.8, 4) is 0 Å². The maximum atomic E-state index is 10.9. The average Bonchev–Trinajstić information content (AvgIpc) is 1.94. The largest absolute Gasteiger partial charge is 0.273 e. The molecule has 0 unspecified atom stereocenters. The van der Waals surface area contributed by atoms with E-state index < -0.39 is 15.9 Å². The molecule has 0 radical (unpaired) electrons. The normalized spacial score (nSPS) is 11.2. The van der Waals surface area contributed by atoms with Crippen molar-refractivity contribution < 1.29 is 13.2 Å². The molecule has 78 valence electrons. The number of rotatable bonds is 6. The molecule has 0 aromatic rings. The van der Waals surface area contributed by atoms with Gasteiger partial charge in [-0.3, -0.25) is 9.52 Å². The zero-order valence-corrected chi connectivity index (χ0v) is 11.0. The van der Waals surface area contributed by atoms with Gasteiger partial charge in [-0.05, 0) is 12.2 Å². The molecular formula is C6H12INO3S2. The van der Waals surface area contributed by atoms with Crippen molar-refractivity contribution in [3.05, 3.63) is 0 Å². The van der Waals surface area contributed by atoms with E-state index in [1.807, 2.05) is 4.72 Å². The van der Waals surface area contributed by atoms with Gasteiger partial charge in [-0.1, -0.05) is 22.6 Å². The number of hydrogen-bond donors (Lipinski definition) is 1. The first-order valence-corrected chi connectivity index (χ1v) is 8.17. The monoisotopic (exact) mass is 337 g/mol. The van der Waals surface area contributed by atoms with Crippen LogP contribution in [0.3, 0.4) is 0 Å². The molecule has 0 bridgehead atoms. The summed E-state index contributed by atoms with van der Waals surface area (Å²) in [4.78, 5) is 10.9. The summed E-state index contributed by atoms with van der Waals surface area (Å²) in [6.07, 6.45) is 2.01. The third-order valence-electron chi connectivity index (χ3n) is 0.955. The Labute approximate surface area is 96.4 Å². The molecular weight excluding hydrogens is 325 g/mol. The highest BCUT2D eigenvalue weighted by atomic mass is 127. The van der Waals surface area contributed by atoms with Gasteiger partial charge in [0.15, 0.2) is 0 Å². The summed E-state index contributed by atoms with van der Waals surface area (Å²) in [5.74, 6) is 0.657. The van der Waals surface area contributed by atoms with Gasteiger partial charge in [0.1, 0.15) is 0 Å². The number of alkyl halides is 1. The topological polar surface area (TPSA) is 63.2 Å². The molecule has 4 nitrogen and oxygen atoms in total. The number of halogens is 1. The molecule has 1 N–H and O–H groups in total.